The standard InChI is InChI=1S/C22H19BrN4O7/c1-2-33-17-11-13(8-10-18-25-21(29)20(27(31)32)22(30)26-18)7-9-16(17)34-12-19(28)24-15-6-4-3-5-14(15)23/h3-11H,2,12H2,1H3,(H,24,28)(H2,25,26,29,30)/b10-8+. The molecule has 34 heavy (non-hydrogen) atoms. The van der Waals surface area contributed by atoms with Crippen LogP contribution in [0.3, 0.4) is 0 Å². The van der Waals surface area contributed by atoms with Crippen molar-refractivity contribution >= 4 is 45.4 Å². The average Bonchev–Trinajstić information content (AvgIpc) is 2.78. The molecule has 1 aromatic heterocycles. The van der Waals surface area contributed by atoms with E-state index >= 15 is 0 Å². The number of aromatic amines is 1. The van der Waals surface area contributed by atoms with Crippen LogP contribution in [0, 0.1) is 10.1 Å². The van der Waals surface area contributed by atoms with E-state index in [0.717, 1.165) is 4.47 Å². The molecule has 3 rings (SSSR count). The third-order valence-electron chi connectivity index (χ3n) is 4.29. The monoisotopic (exact) mass is 530 g/mol. The number of anilines is 1. The van der Waals surface area contributed by atoms with Gasteiger partial charge in [-0.3, -0.25) is 19.7 Å². The first kappa shape index (κ1) is 24.5. The van der Waals surface area contributed by atoms with Crippen LogP contribution in [-0.4, -0.2) is 39.1 Å². The number of para-hydroxylation sites is 1. The number of rotatable bonds is 9. The van der Waals surface area contributed by atoms with Crippen LogP contribution < -0.4 is 20.3 Å². The number of nitrogens with zero attached hydrogens (tertiary/aromatic N) is 2. The van der Waals surface area contributed by atoms with E-state index < -0.39 is 22.0 Å². The first-order valence-electron chi connectivity index (χ1n) is 9.88. The number of carbonyl (C=O) groups excluding carboxylic acids is 1. The van der Waals surface area contributed by atoms with Crippen molar-refractivity contribution in [3.8, 4) is 17.4 Å². The Morgan fingerprint density at radius 2 is 2.00 bits per heavy atom. The maximum Gasteiger partial charge on any atom is 0.395 e. The van der Waals surface area contributed by atoms with Gasteiger partial charge >= 0.3 is 11.2 Å². The zero-order valence-corrected chi connectivity index (χ0v) is 19.4. The van der Waals surface area contributed by atoms with Gasteiger partial charge in [0, 0.05) is 4.47 Å². The zero-order chi connectivity index (χ0) is 24.7. The van der Waals surface area contributed by atoms with Crippen molar-refractivity contribution < 1.29 is 24.3 Å². The zero-order valence-electron chi connectivity index (χ0n) is 17.8. The summed E-state index contributed by atoms with van der Waals surface area (Å²) in [6.07, 6.45) is 2.91. The molecule has 1 amide bonds. The second-order valence-corrected chi connectivity index (χ2v) is 7.52. The maximum atomic E-state index is 12.2. The van der Waals surface area contributed by atoms with E-state index in [4.69, 9.17) is 9.47 Å². The quantitative estimate of drug-likeness (QED) is 0.279. The SMILES string of the molecule is CCOc1cc(/C=C/c2nc(O)c([N+](=O)[O-])c(=O)[nH]2)ccc1OCC(=O)Nc1ccccc1Br. The molecule has 0 saturated carbocycles. The Kier molecular flexibility index (Phi) is 7.98. The lowest BCUT2D eigenvalue weighted by atomic mass is 10.2. The van der Waals surface area contributed by atoms with Crippen LogP contribution in [0.15, 0.2) is 51.7 Å². The molecule has 0 aliphatic carbocycles. The molecular formula is C22H19BrN4O7. The van der Waals surface area contributed by atoms with E-state index in [0.29, 0.717) is 29.4 Å². The predicted molar refractivity (Wildman–Crippen MR) is 128 cm³/mol. The van der Waals surface area contributed by atoms with Gasteiger partial charge in [0.25, 0.3) is 11.8 Å². The molecule has 3 aromatic rings. The molecule has 0 fully saturated rings. The molecule has 1 heterocycles. The molecule has 0 saturated heterocycles. The summed E-state index contributed by atoms with van der Waals surface area (Å²) in [5.74, 6) is -0.679. The Bertz CT molecular complexity index is 1310. The van der Waals surface area contributed by atoms with Crippen LogP contribution in [0.5, 0.6) is 17.4 Å². The van der Waals surface area contributed by atoms with Crippen molar-refractivity contribution in [1.82, 2.24) is 9.97 Å². The summed E-state index contributed by atoms with van der Waals surface area (Å²) < 4.78 is 12.0. The number of hydrogen-bond acceptors (Lipinski definition) is 8. The number of amides is 1. The van der Waals surface area contributed by atoms with Crippen LogP contribution in [0.4, 0.5) is 11.4 Å². The summed E-state index contributed by atoms with van der Waals surface area (Å²) in [4.78, 5) is 39.6. The number of aromatic hydroxyl groups is 1. The summed E-state index contributed by atoms with van der Waals surface area (Å²) in [6.45, 7) is 1.89. The van der Waals surface area contributed by atoms with Gasteiger partial charge in [-0.25, -0.2) is 0 Å². The fourth-order valence-electron chi connectivity index (χ4n) is 2.80. The first-order valence-corrected chi connectivity index (χ1v) is 10.7. The summed E-state index contributed by atoms with van der Waals surface area (Å²) in [7, 11) is 0. The topological polar surface area (TPSA) is 157 Å². The number of hydrogen-bond donors (Lipinski definition) is 3. The number of carbonyl (C=O) groups is 1. The van der Waals surface area contributed by atoms with Gasteiger partial charge in [-0.05, 0) is 58.8 Å². The molecule has 0 aliphatic rings. The molecule has 3 N–H and O–H groups in total. The Morgan fingerprint density at radius 1 is 1.24 bits per heavy atom. The van der Waals surface area contributed by atoms with Gasteiger partial charge in [0.1, 0.15) is 5.82 Å². The summed E-state index contributed by atoms with van der Waals surface area (Å²) in [5, 5.41) is 23.1. The van der Waals surface area contributed by atoms with Gasteiger partial charge in [0.05, 0.1) is 17.2 Å². The second kappa shape index (κ2) is 11.1. The van der Waals surface area contributed by atoms with Crippen molar-refractivity contribution in [2.75, 3.05) is 18.5 Å². The van der Waals surface area contributed by atoms with Crippen molar-refractivity contribution in [1.29, 1.82) is 0 Å². The number of nitrogens with one attached hydrogen (secondary N) is 2. The van der Waals surface area contributed by atoms with E-state index in [1.54, 1.807) is 49.4 Å². The third kappa shape index (κ3) is 6.19. The molecule has 2 aromatic carbocycles. The van der Waals surface area contributed by atoms with Crippen molar-refractivity contribution in [2.45, 2.75) is 6.92 Å². The minimum atomic E-state index is -1.07. The van der Waals surface area contributed by atoms with Gasteiger partial charge in [0.2, 0.25) is 0 Å². The number of halogens is 1. The van der Waals surface area contributed by atoms with Crippen LogP contribution >= 0.6 is 15.9 Å². The molecule has 11 nitrogen and oxygen atoms in total. The van der Waals surface area contributed by atoms with Crippen LogP contribution in [0.25, 0.3) is 12.2 Å². The second-order valence-electron chi connectivity index (χ2n) is 6.67. The molecule has 0 aliphatic heterocycles. The Labute approximate surface area is 201 Å². The lowest BCUT2D eigenvalue weighted by Crippen LogP contribution is -2.20. The normalized spacial score (nSPS) is 10.8. The number of benzene rings is 2. The van der Waals surface area contributed by atoms with E-state index in [1.807, 2.05) is 6.07 Å². The number of H-pyrrole nitrogens is 1. The average molecular weight is 531 g/mol. The minimum absolute atomic E-state index is 0.0740. The Balaban J connectivity index is 1.72. The van der Waals surface area contributed by atoms with Crippen LogP contribution in [-0.2, 0) is 4.79 Å². The smallest absolute Gasteiger partial charge is 0.395 e. The van der Waals surface area contributed by atoms with E-state index in [9.17, 15) is 24.8 Å². The van der Waals surface area contributed by atoms with E-state index in [1.165, 1.54) is 6.08 Å². The lowest BCUT2D eigenvalue weighted by molar-refractivity contribution is -0.387. The molecule has 12 heteroatoms. The largest absolute Gasteiger partial charge is 0.490 e. The van der Waals surface area contributed by atoms with E-state index in [-0.39, 0.29) is 18.3 Å². The highest BCUT2D eigenvalue weighted by Crippen LogP contribution is 2.29. The highest BCUT2D eigenvalue weighted by Gasteiger charge is 2.21. The fraction of sp³-hybridized carbons (Fsp3) is 0.136. The molecular weight excluding hydrogens is 512 g/mol. The summed E-state index contributed by atoms with van der Waals surface area (Å²) in [6, 6.07) is 12.1. The lowest BCUT2D eigenvalue weighted by Gasteiger charge is -2.13. The molecule has 0 radical (unpaired) electrons. The fourth-order valence-corrected chi connectivity index (χ4v) is 3.18. The molecule has 0 atom stereocenters. The third-order valence-corrected chi connectivity index (χ3v) is 4.98. The van der Waals surface area contributed by atoms with Gasteiger partial charge in [-0.15, -0.1) is 0 Å². The van der Waals surface area contributed by atoms with Gasteiger partial charge in [-0.1, -0.05) is 24.3 Å². The molecule has 0 bridgehead atoms. The number of ether oxygens (including phenoxy) is 2. The first-order chi connectivity index (χ1) is 16.3. The number of aromatic nitrogens is 2. The summed E-state index contributed by atoms with van der Waals surface area (Å²) in [5.41, 5.74) is -0.864. The predicted octanol–water partition coefficient (Wildman–Crippen LogP) is 3.73. The highest BCUT2D eigenvalue weighted by molar-refractivity contribution is 9.10. The number of nitro groups is 1. The van der Waals surface area contributed by atoms with Gasteiger partial charge in [0.15, 0.2) is 18.1 Å². The highest BCUT2D eigenvalue weighted by atomic mass is 79.9. The summed E-state index contributed by atoms with van der Waals surface area (Å²) >= 11 is 3.36. The van der Waals surface area contributed by atoms with Gasteiger partial charge in [-0.2, -0.15) is 4.98 Å². The van der Waals surface area contributed by atoms with Crippen molar-refractivity contribution in [3.63, 3.8) is 0 Å². The minimum Gasteiger partial charge on any atom is -0.490 e. The molecule has 0 unspecified atom stereocenters. The van der Waals surface area contributed by atoms with Crippen LogP contribution in [0.1, 0.15) is 18.3 Å². The van der Waals surface area contributed by atoms with E-state index in [2.05, 4.69) is 31.2 Å². The maximum absolute atomic E-state index is 12.2. The van der Waals surface area contributed by atoms with Crippen LogP contribution in [0.2, 0.25) is 0 Å². The van der Waals surface area contributed by atoms with Crippen molar-refractivity contribution in [3.05, 3.63) is 78.8 Å². The Hall–Kier alpha value is -4.19. The Morgan fingerprint density at radius 3 is 2.68 bits per heavy atom. The van der Waals surface area contributed by atoms with Gasteiger partial charge < -0.3 is 24.9 Å². The van der Waals surface area contributed by atoms with Crippen molar-refractivity contribution in [2.24, 2.45) is 0 Å². The molecule has 0 spiro atoms. The molecule has 176 valence electrons.